The van der Waals surface area contributed by atoms with Gasteiger partial charge < -0.3 is 19.5 Å². The van der Waals surface area contributed by atoms with E-state index in [1.165, 1.54) is 5.56 Å². The molecule has 2 heterocycles. The maximum Gasteiger partial charge on any atom is 0.410 e. The second kappa shape index (κ2) is 11.3. The molecule has 2 aromatic carbocycles. The van der Waals surface area contributed by atoms with E-state index in [2.05, 4.69) is 98.4 Å². The summed E-state index contributed by atoms with van der Waals surface area (Å²) in [6.07, 6.45) is 1.96. The van der Waals surface area contributed by atoms with Gasteiger partial charge in [0.15, 0.2) is 0 Å². The van der Waals surface area contributed by atoms with Crippen molar-refractivity contribution >= 4 is 6.09 Å². The first-order valence-electron chi connectivity index (χ1n) is 13.8. The van der Waals surface area contributed by atoms with Crippen LogP contribution < -0.4 is 5.32 Å². The molecule has 1 aliphatic heterocycles. The van der Waals surface area contributed by atoms with Crippen molar-refractivity contribution in [3.63, 3.8) is 0 Å². The van der Waals surface area contributed by atoms with E-state index in [1.807, 2.05) is 31.7 Å². The van der Waals surface area contributed by atoms with Crippen molar-refractivity contribution < 1.29 is 9.53 Å². The number of aromatic nitrogens is 2. The number of carbonyl (C=O) groups excluding carboxylic acids is 1. The number of hydrogen-bond donors (Lipinski definition) is 1. The summed E-state index contributed by atoms with van der Waals surface area (Å²) in [5.74, 6) is 1.77. The highest BCUT2D eigenvalue weighted by Crippen LogP contribution is 2.35. The van der Waals surface area contributed by atoms with Crippen LogP contribution in [0, 0.1) is 17.3 Å². The highest BCUT2D eigenvalue weighted by molar-refractivity contribution is 5.68. The fraction of sp³-hybridized carbons (Fsp3) is 0.500. The molecule has 1 N–H and O–H groups in total. The molecule has 1 saturated heterocycles. The normalized spacial score (nSPS) is 19.0. The topological polar surface area (TPSA) is 59.4 Å². The van der Waals surface area contributed by atoms with Crippen molar-refractivity contribution in [1.29, 1.82) is 0 Å². The number of nitrogens with one attached hydrogen (secondary N) is 1. The fourth-order valence-corrected chi connectivity index (χ4v) is 5.14. The van der Waals surface area contributed by atoms with Crippen LogP contribution in [-0.4, -0.2) is 45.8 Å². The highest BCUT2D eigenvalue weighted by atomic mass is 16.6. The van der Waals surface area contributed by atoms with Gasteiger partial charge in [0.2, 0.25) is 0 Å². The molecule has 4 rings (SSSR count). The zero-order chi connectivity index (χ0) is 27.5. The predicted octanol–water partition coefficient (Wildman–Crippen LogP) is 6.78. The van der Waals surface area contributed by atoms with Crippen molar-refractivity contribution in [2.45, 2.75) is 66.7 Å². The molecule has 0 radical (unpaired) electrons. The number of carbonyl (C=O) groups is 1. The van der Waals surface area contributed by atoms with Crippen LogP contribution in [0.15, 0.2) is 66.9 Å². The smallest absolute Gasteiger partial charge is 0.410 e. The molecule has 1 aromatic heterocycles. The Balaban J connectivity index is 1.57. The number of nitrogens with zero attached hydrogens (tertiary/aromatic N) is 3. The molecule has 1 aliphatic rings. The van der Waals surface area contributed by atoms with E-state index in [0.29, 0.717) is 18.4 Å². The van der Waals surface area contributed by atoms with Gasteiger partial charge in [-0.15, -0.1) is 0 Å². The number of imidazole rings is 1. The molecule has 0 spiro atoms. The Kier molecular flexibility index (Phi) is 8.31. The Bertz CT molecular complexity index is 1190. The molecule has 1 amide bonds. The zero-order valence-electron chi connectivity index (χ0n) is 24.1. The van der Waals surface area contributed by atoms with Gasteiger partial charge in [-0.2, -0.15) is 0 Å². The molecule has 0 saturated carbocycles. The van der Waals surface area contributed by atoms with Gasteiger partial charge >= 0.3 is 6.09 Å². The highest BCUT2D eigenvalue weighted by Gasteiger charge is 2.37. The number of hydrogen-bond acceptors (Lipinski definition) is 4. The fourth-order valence-electron chi connectivity index (χ4n) is 5.14. The quantitative estimate of drug-likeness (QED) is 0.376. The van der Waals surface area contributed by atoms with Gasteiger partial charge in [0.1, 0.15) is 11.4 Å². The molecule has 3 aromatic rings. The molecule has 6 heteroatoms. The lowest BCUT2D eigenvalue weighted by atomic mass is 9.85. The molecule has 38 heavy (non-hydrogen) atoms. The van der Waals surface area contributed by atoms with Crippen LogP contribution in [0.5, 0.6) is 0 Å². The number of likely N-dealkylation sites (tertiary alicyclic amines) is 1. The number of ether oxygens (including phenoxy) is 1. The molecule has 0 aliphatic carbocycles. The van der Waals surface area contributed by atoms with Gasteiger partial charge in [0.25, 0.3) is 0 Å². The molecule has 0 bridgehead atoms. The molecule has 1 unspecified atom stereocenters. The van der Waals surface area contributed by atoms with Crippen molar-refractivity contribution in [3.05, 3.63) is 78.2 Å². The summed E-state index contributed by atoms with van der Waals surface area (Å²) in [4.78, 5) is 19.8. The molecule has 1 fully saturated rings. The van der Waals surface area contributed by atoms with Crippen LogP contribution in [0.4, 0.5) is 4.79 Å². The third-order valence-electron chi connectivity index (χ3n) is 7.20. The number of rotatable bonds is 7. The van der Waals surface area contributed by atoms with Crippen LogP contribution >= 0.6 is 0 Å². The zero-order valence-corrected chi connectivity index (χ0v) is 24.1. The van der Waals surface area contributed by atoms with Gasteiger partial charge in [0, 0.05) is 37.9 Å². The van der Waals surface area contributed by atoms with E-state index in [9.17, 15) is 4.79 Å². The summed E-state index contributed by atoms with van der Waals surface area (Å²) in [5.41, 5.74) is 2.79. The van der Waals surface area contributed by atoms with E-state index in [4.69, 9.17) is 9.72 Å². The second-order valence-corrected chi connectivity index (χ2v) is 12.8. The minimum Gasteiger partial charge on any atom is -0.444 e. The van der Waals surface area contributed by atoms with E-state index < -0.39 is 5.60 Å². The summed E-state index contributed by atoms with van der Waals surface area (Å²) >= 11 is 0. The SMILES string of the molecule is CC1CN(C(=O)OC(C)(C)C)C[C@@H]1CN[C@@H](c1nc(-c2ccccc2)cn1Cc1ccccc1)C(C)(C)C. The van der Waals surface area contributed by atoms with Crippen molar-refractivity contribution in [1.82, 2.24) is 19.8 Å². The van der Waals surface area contributed by atoms with Crippen molar-refractivity contribution in [2.75, 3.05) is 19.6 Å². The van der Waals surface area contributed by atoms with Gasteiger partial charge in [-0.05, 0) is 43.6 Å². The first-order valence-corrected chi connectivity index (χ1v) is 13.8. The van der Waals surface area contributed by atoms with Crippen LogP contribution in [0.25, 0.3) is 11.3 Å². The van der Waals surface area contributed by atoms with Crippen LogP contribution in [0.3, 0.4) is 0 Å². The molecular formula is C32H44N4O2. The van der Waals surface area contributed by atoms with E-state index in [0.717, 1.165) is 36.7 Å². The largest absolute Gasteiger partial charge is 0.444 e. The Labute approximate surface area is 228 Å². The van der Waals surface area contributed by atoms with Crippen molar-refractivity contribution in [2.24, 2.45) is 17.3 Å². The summed E-state index contributed by atoms with van der Waals surface area (Å²) in [7, 11) is 0. The number of benzene rings is 2. The monoisotopic (exact) mass is 516 g/mol. The number of amides is 1. The average Bonchev–Trinajstić information content (AvgIpc) is 3.42. The summed E-state index contributed by atoms with van der Waals surface area (Å²) < 4.78 is 7.94. The lowest BCUT2D eigenvalue weighted by Crippen LogP contribution is -2.39. The Morgan fingerprint density at radius 1 is 1.00 bits per heavy atom. The maximum atomic E-state index is 12.7. The minimum atomic E-state index is -0.486. The average molecular weight is 517 g/mol. The van der Waals surface area contributed by atoms with Gasteiger partial charge in [-0.25, -0.2) is 9.78 Å². The summed E-state index contributed by atoms with van der Waals surface area (Å²) in [5, 5.41) is 3.88. The Hall–Kier alpha value is -3.12. The van der Waals surface area contributed by atoms with Gasteiger partial charge in [-0.3, -0.25) is 0 Å². The Morgan fingerprint density at radius 2 is 1.63 bits per heavy atom. The first kappa shape index (κ1) is 27.9. The van der Waals surface area contributed by atoms with Crippen LogP contribution in [-0.2, 0) is 11.3 Å². The maximum absolute atomic E-state index is 12.7. The van der Waals surface area contributed by atoms with Gasteiger partial charge in [-0.1, -0.05) is 88.4 Å². The van der Waals surface area contributed by atoms with E-state index in [-0.39, 0.29) is 17.6 Å². The molecular weight excluding hydrogens is 472 g/mol. The standard InChI is InChI=1S/C32H44N4O2/c1-23-19-36(30(37)38-32(5,6)7)21-26(23)18-33-28(31(2,3)4)29-34-27(25-16-12-9-13-17-25)22-35(29)20-24-14-10-8-11-15-24/h8-17,22-23,26,28,33H,18-21H2,1-7H3/t23?,26-,28-/m0/s1. The summed E-state index contributed by atoms with van der Waals surface area (Å²) in [6.45, 7) is 17.8. The van der Waals surface area contributed by atoms with E-state index in [1.54, 1.807) is 0 Å². The van der Waals surface area contributed by atoms with Gasteiger partial charge in [0.05, 0.1) is 11.7 Å². The Morgan fingerprint density at radius 3 is 2.24 bits per heavy atom. The molecule has 6 nitrogen and oxygen atoms in total. The minimum absolute atomic E-state index is 0.0338. The lowest BCUT2D eigenvalue weighted by molar-refractivity contribution is 0.0284. The van der Waals surface area contributed by atoms with Crippen LogP contribution in [0.1, 0.15) is 65.9 Å². The summed E-state index contributed by atoms with van der Waals surface area (Å²) in [6, 6.07) is 21.0. The van der Waals surface area contributed by atoms with Crippen molar-refractivity contribution in [3.8, 4) is 11.3 Å². The third kappa shape index (κ3) is 7.04. The first-order chi connectivity index (χ1) is 17.9. The third-order valence-corrected chi connectivity index (χ3v) is 7.20. The second-order valence-electron chi connectivity index (χ2n) is 12.8. The predicted molar refractivity (Wildman–Crippen MR) is 154 cm³/mol. The van der Waals surface area contributed by atoms with Crippen LogP contribution in [0.2, 0.25) is 0 Å². The molecule has 3 atom stereocenters. The lowest BCUT2D eigenvalue weighted by Gasteiger charge is -2.33. The van der Waals surface area contributed by atoms with E-state index >= 15 is 0 Å². The molecule has 204 valence electrons.